The highest BCUT2D eigenvalue weighted by Gasteiger charge is 2.36. The zero-order valence-electron chi connectivity index (χ0n) is 24.0. The largest absolute Gasteiger partial charge is 0.444 e. The Labute approximate surface area is 240 Å². The van der Waals surface area contributed by atoms with E-state index < -0.39 is 41.5 Å². The lowest BCUT2D eigenvalue weighted by Crippen LogP contribution is -2.51. The number of fused-ring (bicyclic) bond motifs is 1. The van der Waals surface area contributed by atoms with Gasteiger partial charge >= 0.3 is 6.09 Å². The molecule has 0 saturated heterocycles. The molecule has 0 spiro atoms. The summed E-state index contributed by atoms with van der Waals surface area (Å²) in [7, 11) is 0. The summed E-state index contributed by atoms with van der Waals surface area (Å²) in [6.07, 6.45) is 4.64. The Morgan fingerprint density at radius 3 is 2.20 bits per heavy atom. The monoisotopic (exact) mass is 556 g/mol. The lowest BCUT2D eigenvalue weighted by atomic mass is 9.98. The molecule has 0 aliphatic rings. The first kappa shape index (κ1) is 30.7. The smallest absolute Gasteiger partial charge is 0.408 e. The van der Waals surface area contributed by atoms with Crippen LogP contribution >= 0.6 is 0 Å². The topological polar surface area (TPSA) is 131 Å². The molecule has 4 amide bonds. The molecule has 9 nitrogen and oxygen atoms in total. The van der Waals surface area contributed by atoms with Gasteiger partial charge in [-0.25, -0.2) is 4.79 Å². The molecule has 0 heterocycles. The number of alkyl carbamates (subject to hydrolysis) is 1. The molecule has 41 heavy (non-hydrogen) atoms. The zero-order chi connectivity index (χ0) is 30.3. The molecule has 0 saturated carbocycles. The normalized spacial score (nSPS) is 12.5. The van der Waals surface area contributed by atoms with Gasteiger partial charge in [0.15, 0.2) is 0 Å². The second-order valence-electron chi connectivity index (χ2n) is 10.9. The summed E-state index contributed by atoms with van der Waals surface area (Å²) < 4.78 is 5.31. The van der Waals surface area contributed by atoms with Gasteiger partial charge in [-0.1, -0.05) is 66.1 Å². The molecule has 0 bridgehead atoms. The average molecular weight is 557 g/mol. The van der Waals surface area contributed by atoms with Gasteiger partial charge in [0.25, 0.3) is 11.8 Å². The summed E-state index contributed by atoms with van der Waals surface area (Å²) in [6, 6.07) is 18.5. The predicted octanol–water partition coefficient (Wildman–Crippen LogP) is 4.71. The van der Waals surface area contributed by atoms with Crippen LogP contribution in [0.5, 0.6) is 0 Å². The van der Waals surface area contributed by atoms with Crippen LogP contribution in [-0.4, -0.2) is 40.4 Å². The van der Waals surface area contributed by atoms with Crippen molar-refractivity contribution in [1.82, 2.24) is 10.2 Å². The highest BCUT2D eigenvalue weighted by Crippen LogP contribution is 2.27. The number of nitrogens with zero attached hydrogens (tertiary/aromatic N) is 1. The molecule has 0 aromatic heterocycles. The average Bonchev–Trinajstić information content (AvgIpc) is 2.87. The number of rotatable bonds is 9. The van der Waals surface area contributed by atoms with E-state index in [0.717, 1.165) is 26.8 Å². The quantitative estimate of drug-likeness (QED) is 0.259. The van der Waals surface area contributed by atoms with E-state index in [1.54, 1.807) is 39.0 Å². The van der Waals surface area contributed by atoms with Crippen molar-refractivity contribution in [3.05, 3.63) is 77.4 Å². The van der Waals surface area contributed by atoms with E-state index in [9.17, 15) is 19.2 Å². The van der Waals surface area contributed by atoms with Gasteiger partial charge in [-0.05, 0) is 69.5 Å². The molecule has 0 aliphatic heterocycles. The summed E-state index contributed by atoms with van der Waals surface area (Å²) in [6.45, 7) is 8.77. The van der Waals surface area contributed by atoms with E-state index in [2.05, 4.69) is 16.7 Å². The number of aryl methyl sites for hydroxylation is 2. The second-order valence-corrected chi connectivity index (χ2v) is 10.9. The van der Waals surface area contributed by atoms with Crippen molar-refractivity contribution in [2.24, 2.45) is 5.73 Å². The minimum atomic E-state index is -1.28. The molecular weight excluding hydrogens is 520 g/mol. The van der Waals surface area contributed by atoms with Crippen molar-refractivity contribution in [3.63, 3.8) is 0 Å². The molecule has 0 radical (unpaired) electrons. The minimum absolute atomic E-state index is 0.141. The van der Waals surface area contributed by atoms with Crippen molar-refractivity contribution in [1.29, 1.82) is 0 Å². The lowest BCUT2D eigenvalue weighted by Gasteiger charge is -2.30. The third kappa shape index (κ3) is 8.57. The maximum absolute atomic E-state index is 13.9. The van der Waals surface area contributed by atoms with Gasteiger partial charge in [0, 0.05) is 18.2 Å². The Kier molecular flexibility index (Phi) is 9.74. The van der Waals surface area contributed by atoms with E-state index in [4.69, 9.17) is 16.9 Å². The molecule has 9 heteroatoms. The van der Waals surface area contributed by atoms with Crippen LogP contribution < -0.4 is 16.4 Å². The standard InChI is InChI=1S/C32H36N4O5/c1-7-36(30(39)26(14-15-27(33)37)35-31(40)41-32(4,5)6)28(24-17-20(2)16-21(3)18-24)29(38)34-25-13-12-22-10-8-9-11-23(22)19-25/h1,8-13,16-19,26,28H,14-15H2,2-6H3,(H2,33,37)(H,34,38)(H,35,40). The second kappa shape index (κ2) is 13.0. The van der Waals surface area contributed by atoms with Crippen LogP contribution in [0.25, 0.3) is 10.8 Å². The molecule has 4 N–H and O–H groups in total. The highest BCUT2D eigenvalue weighted by atomic mass is 16.6. The van der Waals surface area contributed by atoms with Gasteiger partial charge < -0.3 is 21.1 Å². The first-order valence-electron chi connectivity index (χ1n) is 13.2. The maximum atomic E-state index is 13.9. The summed E-state index contributed by atoms with van der Waals surface area (Å²) in [5, 5.41) is 7.31. The van der Waals surface area contributed by atoms with Gasteiger partial charge in [0.2, 0.25) is 5.91 Å². The molecule has 3 aromatic carbocycles. The van der Waals surface area contributed by atoms with E-state index in [1.165, 1.54) is 0 Å². The number of hydrogen-bond acceptors (Lipinski definition) is 5. The highest BCUT2D eigenvalue weighted by molar-refractivity contribution is 6.01. The fourth-order valence-electron chi connectivity index (χ4n) is 4.49. The first-order chi connectivity index (χ1) is 19.3. The minimum Gasteiger partial charge on any atom is -0.444 e. The number of nitrogens with one attached hydrogen (secondary N) is 2. The zero-order valence-corrected chi connectivity index (χ0v) is 24.0. The third-order valence-electron chi connectivity index (χ3n) is 6.13. The number of nitrogens with two attached hydrogens (primary N) is 1. The molecule has 0 fully saturated rings. The molecule has 2 atom stereocenters. The van der Waals surface area contributed by atoms with Gasteiger partial charge in [-0.15, -0.1) is 0 Å². The van der Waals surface area contributed by atoms with E-state index in [-0.39, 0.29) is 12.8 Å². The molecule has 0 aliphatic carbocycles. The van der Waals surface area contributed by atoms with Crippen LogP contribution in [0.2, 0.25) is 0 Å². The third-order valence-corrected chi connectivity index (χ3v) is 6.13. The SMILES string of the molecule is C#CN(C(=O)C(CCC(N)=O)NC(=O)OC(C)(C)C)C(C(=O)Nc1ccc2ccccc2c1)c1cc(C)cc(C)c1. The number of carbonyl (C=O) groups is 4. The Morgan fingerprint density at radius 2 is 1.61 bits per heavy atom. The van der Waals surface area contributed by atoms with Crippen molar-refractivity contribution in [3.8, 4) is 12.5 Å². The van der Waals surface area contributed by atoms with Crippen molar-refractivity contribution < 1.29 is 23.9 Å². The van der Waals surface area contributed by atoms with E-state index >= 15 is 0 Å². The summed E-state index contributed by atoms with van der Waals surface area (Å²) >= 11 is 0. The Hall–Kier alpha value is -4.84. The Bertz CT molecular complexity index is 1480. The number of terminal acetylenes is 1. The van der Waals surface area contributed by atoms with Crippen LogP contribution in [0.1, 0.15) is 56.3 Å². The number of primary amides is 1. The van der Waals surface area contributed by atoms with Gasteiger partial charge in [-0.2, -0.15) is 0 Å². The molecule has 214 valence electrons. The lowest BCUT2D eigenvalue weighted by molar-refractivity contribution is -0.137. The number of carbonyl (C=O) groups excluding carboxylic acids is 4. The fourth-order valence-corrected chi connectivity index (χ4v) is 4.49. The maximum Gasteiger partial charge on any atom is 0.408 e. The van der Waals surface area contributed by atoms with Crippen LogP contribution in [-0.2, 0) is 19.1 Å². The van der Waals surface area contributed by atoms with Crippen LogP contribution in [0, 0.1) is 26.3 Å². The van der Waals surface area contributed by atoms with Crippen molar-refractivity contribution >= 4 is 40.3 Å². The van der Waals surface area contributed by atoms with Crippen LogP contribution in [0.15, 0.2) is 60.7 Å². The summed E-state index contributed by atoms with van der Waals surface area (Å²) in [5.41, 5.74) is 7.22. The number of ether oxygens (including phenoxy) is 1. The fraction of sp³-hybridized carbons (Fsp3) is 0.312. The number of amides is 4. The van der Waals surface area contributed by atoms with Crippen molar-refractivity contribution in [2.75, 3.05) is 5.32 Å². The number of anilines is 1. The Morgan fingerprint density at radius 1 is 0.976 bits per heavy atom. The van der Waals surface area contributed by atoms with E-state index in [0.29, 0.717) is 11.3 Å². The van der Waals surface area contributed by atoms with Crippen LogP contribution in [0.3, 0.4) is 0 Å². The van der Waals surface area contributed by atoms with Gasteiger partial charge in [-0.3, -0.25) is 19.3 Å². The molecular formula is C32H36N4O5. The predicted molar refractivity (Wildman–Crippen MR) is 158 cm³/mol. The number of benzene rings is 3. The van der Waals surface area contributed by atoms with Gasteiger partial charge in [0.1, 0.15) is 17.7 Å². The summed E-state index contributed by atoms with van der Waals surface area (Å²) in [5.74, 6) is -1.99. The van der Waals surface area contributed by atoms with E-state index in [1.807, 2.05) is 56.3 Å². The van der Waals surface area contributed by atoms with Crippen LogP contribution in [0.4, 0.5) is 10.5 Å². The number of hydrogen-bond donors (Lipinski definition) is 3. The molecule has 3 aromatic rings. The summed E-state index contributed by atoms with van der Waals surface area (Å²) in [4.78, 5) is 52.9. The molecule has 2 unspecified atom stereocenters. The molecule has 3 rings (SSSR count). The van der Waals surface area contributed by atoms with Gasteiger partial charge in [0.05, 0.1) is 0 Å². The van der Waals surface area contributed by atoms with Crippen molar-refractivity contribution in [2.45, 2.75) is 65.1 Å². The first-order valence-corrected chi connectivity index (χ1v) is 13.2. The Balaban J connectivity index is 2.01.